The van der Waals surface area contributed by atoms with Crippen LogP contribution in [0, 0.1) is 0 Å². The molecule has 9 heteroatoms. The molecule has 0 saturated carbocycles. The molecule has 0 atom stereocenters. The Labute approximate surface area is 121 Å². The van der Waals surface area contributed by atoms with Crippen LogP contribution in [0.2, 0.25) is 0 Å². The molecule has 0 spiro atoms. The lowest BCUT2D eigenvalue weighted by atomic mass is 9.90. The predicted molar refractivity (Wildman–Crippen MR) is 63.4 cm³/mol. The summed E-state index contributed by atoms with van der Waals surface area (Å²) in [5.74, 6) is -1.47. The van der Waals surface area contributed by atoms with Crippen molar-refractivity contribution in [3.63, 3.8) is 0 Å². The first-order valence-electron chi connectivity index (χ1n) is 5.98. The molecule has 1 aromatic carbocycles. The first kappa shape index (κ1) is 18.3. The largest absolute Gasteiger partial charge is 0.478 e. The minimum Gasteiger partial charge on any atom is -0.478 e. The molecule has 1 N–H and O–H groups in total. The summed E-state index contributed by atoms with van der Waals surface area (Å²) in [5, 5.41) is 8.67. The third kappa shape index (κ3) is 3.18. The van der Waals surface area contributed by atoms with Crippen molar-refractivity contribution in [3.8, 4) is 0 Å². The van der Waals surface area contributed by atoms with Crippen molar-refractivity contribution >= 4 is 5.97 Å². The minimum absolute atomic E-state index is 0.438. The van der Waals surface area contributed by atoms with Crippen LogP contribution < -0.4 is 0 Å². The average molecular weight is 330 g/mol. The lowest BCUT2D eigenvalue weighted by molar-refractivity contribution is -0.396. The fourth-order valence-electron chi connectivity index (χ4n) is 1.89. The van der Waals surface area contributed by atoms with Crippen LogP contribution in [-0.4, -0.2) is 29.5 Å². The summed E-state index contributed by atoms with van der Waals surface area (Å²) in [6.45, 7) is 2.08. The normalized spacial score (nSPS) is 13.5. The second-order valence-electron chi connectivity index (χ2n) is 4.73. The van der Waals surface area contributed by atoms with Gasteiger partial charge in [-0.3, -0.25) is 0 Å². The van der Waals surface area contributed by atoms with Crippen LogP contribution in [0.3, 0.4) is 0 Å². The van der Waals surface area contributed by atoms with E-state index in [9.17, 15) is 31.1 Å². The van der Waals surface area contributed by atoms with Crippen molar-refractivity contribution < 1.29 is 41.0 Å². The van der Waals surface area contributed by atoms with Gasteiger partial charge in [0.15, 0.2) is 0 Å². The summed E-state index contributed by atoms with van der Waals surface area (Å²) in [6.07, 6.45) is -12.9. The highest BCUT2D eigenvalue weighted by molar-refractivity contribution is 5.87. The van der Waals surface area contributed by atoms with Gasteiger partial charge in [-0.1, -0.05) is 12.1 Å². The fourth-order valence-corrected chi connectivity index (χ4v) is 1.89. The molecule has 0 heterocycles. The highest BCUT2D eigenvalue weighted by atomic mass is 19.4. The number of halogens is 6. The Kier molecular flexibility index (Phi) is 4.81. The lowest BCUT2D eigenvalue weighted by Crippen LogP contribution is -2.57. The summed E-state index contributed by atoms with van der Waals surface area (Å²) in [4.78, 5) is 10.7. The highest BCUT2D eigenvalue weighted by Crippen LogP contribution is 2.53. The first-order valence-corrected chi connectivity index (χ1v) is 5.98. The number of benzene rings is 1. The number of carbonyl (C=O) groups is 1. The second-order valence-corrected chi connectivity index (χ2v) is 4.73. The molecule has 0 aliphatic rings. The number of aromatic carboxylic acids is 1. The molecule has 0 fully saturated rings. The molecule has 22 heavy (non-hydrogen) atoms. The van der Waals surface area contributed by atoms with E-state index in [0.717, 1.165) is 13.8 Å². The van der Waals surface area contributed by atoms with Gasteiger partial charge in [-0.15, -0.1) is 0 Å². The Morgan fingerprint density at radius 1 is 1.00 bits per heavy atom. The SMILES string of the molecule is CC(C)OC(c1ccc(C(=O)O)cc1)(C(F)(F)F)C(F)(F)F. The zero-order chi connectivity index (χ0) is 17.3. The van der Waals surface area contributed by atoms with Crippen molar-refractivity contribution in [2.24, 2.45) is 0 Å². The molecule has 0 bridgehead atoms. The zero-order valence-electron chi connectivity index (χ0n) is 11.4. The topological polar surface area (TPSA) is 46.5 Å². The molecule has 0 aliphatic heterocycles. The smallest absolute Gasteiger partial charge is 0.430 e. The van der Waals surface area contributed by atoms with Crippen molar-refractivity contribution in [1.29, 1.82) is 0 Å². The quantitative estimate of drug-likeness (QED) is 0.845. The zero-order valence-corrected chi connectivity index (χ0v) is 11.4. The maximum absolute atomic E-state index is 13.2. The van der Waals surface area contributed by atoms with Crippen LogP contribution in [0.1, 0.15) is 29.8 Å². The van der Waals surface area contributed by atoms with Crippen LogP contribution in [-0.2, 0) is 10.3 Å². The number of carboxylic acid groups (broad SMARTS) is 1. The van der Waals surface area contributed by atoms with Crippen molar-refractivity contribution in [3.05, 3.63) is 35.4 Å². The van der Waals surface area contributed by atoms with Crippen LogP contribution in [0.25, 0.3) is 0 Å². The molecule has 0 amide bonds. The number of hydrogen-bond donors (Lipinski definition) is 1. The number of hydrogen-bond acceptors (Lipinski definition) is 2. The van der Waals surface area contributed by atoms with E-state index in [-0.39, 0.29) is 0 Å². The molecule has 0 aliphatic carbocycles. The Balaban J connectivity index is 3.58. The summed E-state index contributed by atoms with van der Waals surface area (Å²) >= 11 is 0. The average Bonchev–Trinajstić information content (AvgIpc) is 2.32. The monoisotopic (exact) mass is 330 g/mol. The first-order chi connectivity index (χ1) is 9.83. The third-order valence-corrected chi connectivity index (χ3v) is 2.75. The molecule has 0 aromatic heterocycles. The van der Waals surface area contributed by atoms with E-state index in [2.05, 4.69) is 4.74 Å². The number of carboxylic acids is 1. The van der Waals surface area contributed by atoms with E-state index >= 15 is 0 Å². The Bertz CT molecular complexity index is 516. The summed E-state index contributed by atoms with van der Waals surface area (Å²) in [6, 6.07) is 2.22. The van der Waals surface area contributed by atoms with E-state index in [4.69, 9.17) is 5.11 Å². The molecule has 124 valence electrons. The Morgan fingerprint density at radius 3 is 1.68 bits per heavy atom. The third-order valence-electron chi connectivity index (χ3n) is 2.75. The maximum Gasteiger partial charge on any atom is 0.430 e. The van der Waals surface area contributed by atoms with Gasteiger partial charge in [0, 0.05) is 5.56 Å². The molecule has 3 nitrogen and oxygen atoms in total. The molecule has 0 saturated heterocycles. The maximum atomic E-state index is 13.2. The molecule has 0 radical (unpaired) electrons. The van der Waals surface area contributed by atoms with Crippen molar-refractivity contribution in [2.75, 3.05) is 0 Å². The van der Waals surface area contributed by atoms with Gasteiger partial charge < -0.3 is 9.84 Å². The standard InChI is InChI=1S/C13H12F6O3/c1-7(2)22-11(12(14,15)16,13(17,18)19)9-5-3-8(4-6-9)10(20)21/h3-7H,1-2H3,(H,20,21). The van der Waals surface area contributed by atoms with Gasteiger partial charge in [-0.25, -0.2) is 4.79 Å². The van der Waals surface area contributed by atoms with Gasteiger partial charge in [0.25, 0.3) is 5.60 Å². The van der Waals surface area contributed by atoms with Gasteiger partial charge in [0.05, 0.1) is 11.7 Å². The molecular formula is C13H12F6O3. The van der Waals surface area contributed by atoms with Crippen LogP contribution in [0.4, 0.5) is 26.3 Å². The summed E-state index contributed by atoms with van der Waals surface area (Å²) < 4.78 is 83.5. The van der Waals surface area contributed by atoms with Gasteiger partial charge in [0.1, 0.15) is 0 Å². The Hall–Kier alpha value is -1.77. The van der Waals surface area contributed by atoms with Gasteiger partial charge >= 0.3 is 18.3 Å². The fraction of sp³-hybridized carbons (Fsp3) is 0.462. The summed E-state index contributed by atoms with van der Waals surface area (Å²) in [7, 11) is 0. The highest BCUT2D eigenvalue weighted by Gasteiger charge is 2.73. The molecule has 1 aromatic rings. The summed E-state index contributed by atoms with van der Waals surface area (Å²) in [5.41, 5.74) is -6.19. The van der Waals surface area contributed by atoms with E-state index in [0.29, 0.717) is 24.3 Å². The van der Waals surface area contributed by atoms with Gasteiger partial charge in [0.2, 0.25) is 0 Å². The Morgan fingerprint density at radius 2 is 1.41 bits per heavy atom. The van der Waals surface area contributed by atoms with E-state index in [1.165, 1.54) is 0 Å². The number of rotatable bonds is 4. The molecule has 0 unspecified atom stereocenters. The van der Waals surface area contributed by atoms with E-state index in [1.807, 2.05) is 0 Å². The van der Waals surface area contributed by atoms with Gasteiger partial charge in [-0.2, -0.15) is 26.3 Å². The van der Waals surface area contributed by atoms with Crippen molar-refractivity contribution in [2.45, 2.75) is 37.9 Å². The van der Waals surface area contributed by atoms with Crippen molar-refractivity contribution in [1.82, 2.24) is 0 Å². The van der Waals surface area contributed by atoms with Crippen LogP contribution >= 0.6 is 0 Å². The van der Waals surface area contributed by atoms with Gasteiger partial charge in [-0.05, 0) is 26.0 Å². The van der Waals surface area contributed by atoms with Crippen LogP contribution in [0.15, 0.2) is 24.3 Å². The molecule has 1 rings (SSSR count). The minimum atomic E-state index is -5.78. The number of alkyl halides is 6. The predicted octanol–water partition coefficient (Wildman–Crippen LogP) is 4.13. The molecular weight excluding hydrogens is 318 g/mol. The van der Waals surface area contributed by atoms with Crippen LogP contribution in [0.5, 0.6) is 0 Å². The van der Waals surface area contributed by atoms with E-state index < -0.39 is 41.2 Å². The number of ether oxygens (including phenoxy) is 1. The second kappa shape index (κ2) is 5.79. The lowest BCUT2D eigenvalue weighted by Gasteiger charge is -2.38. The van der Waals surface area contributed by atoms with E-state index in [1.54, 1.807) is 0 Å².